The molecule has 5 nitrogen and oxygen atoms in total. The van der Waals surface area contributed by atoms with Crippen LogP contribution in [0.25, 0.3) is 0 Å². The van der Waals surface area contributed by atoms with Gasteiger partial charge in [0, 0.05) is 0 Å². The van der Waals surface area contributed by atoms with E-state index >= 15 is 0 Å². The molecule has 1 amide bonds. The number of primary amides is 1. The maximum atomic E-state index is 11.4. The number of esters is 1. The SMILES string of the molecule is C[C@@H](OC(=O)COc1ccc2c(c1)CCC2)C(N)=O. The van der Waals surface area contributed by atoms with Gasteiger partial charge in [0.15, 0.2) is 12.7 Å². The van der Waals surface area contributed by atoms with Gasteiger partial charge in [0.05, 0.1) is 0 Å². The first-order valence-corrected chi connectivity index (χ1v) is 6.29. The standard InChI is InChI=1S/C14H17NO4/c1-9(14(15)17)19-13(16)8-18-12-6-5-10-3-2-4-11(10)7-12/h5-7,9H,2-4,8H2,1H3,(H2,15,17)/t9-/m1/s1. The summed E-state index contributed by atoms with van der Waals surface area (Å²) in [6.07, 6.45) is 2.39. The van der Waals surface area contributed by atoms with E-state index in [9.17, 15) is 9.59 Å². The minimum atomic E-state index is -0.934. The van der Waals surface area contributed by atoms with Crippen LogP contribution in [0.1, 0.15) is 24.5 Å². The number of rotatable bonds is 5. The molecule has 1 atom stereocenters. The minimum Gasteiger partial charge on any atom is -0.482 e. The zero-order valence-corrected chi connectivity index (χ0v) is 10.8. The first kappa shape index (κ1) is 13.4. The summed E-state index contributed by atoms with van der Waals surface area (Å²) in [5, 5.41) is 0. The Morgan fingerprint density at radius 3 is 2.79 bits per heavy atom. The summed E-state index contributed by atoms with van der Waals surface area (Å²) in [5.74, 6) is -0.637. The third-order valence-corrected chi connectivity index (χ3v) is 3.14. The van der Waals surface area contributed by atoms with Crippen LogP contribution in [0, 0.1) is 0 Å². The molecule has 1 aromatic rings. The van der Waals surface area contributed by atoms with Crippen LogP contribution in [0.5, 0.6) is 5.75 Å². The Hall–Kier alpha value is -2.04. The Bertz CT molecular complexity index is 498. The zero-order chi connectivity index (χ0) is 13.8. The molecule has 0 radical (unpaired) electrons. The fourth-order valence-electron chi connectivity index (χ4n) is 2.07. The molecule has 1 aliphatic carbocycles. The maximum Gasteiger partial charge on any atom is 0.344 e. The van der Waals surface area contributed by atoms with Crippen LogP contribution in [0.4, 0.5) is 0 Å². The van der Waals surface area contributed by atoms with E-state index < -0.39 is 18.0 Å². The number of hydrogen-bond donors (Lipinski definition) is 1. The van der Waals surface area contributed by atoms with Gasteiger partial charge < -0.3 is 15.2 Å². The molecule has 19 heavy (non-hydrogen) atoms. The number of hydrogen-bond acceptors (Lipinski definition) is 4. The molecular formula is C14H17NO4. The molecule has 0 aliphatic heterocycles. The Morgan fingerprint density at radius 2 is 2.05 bits per heavy atom. The molecule has 0 aromatic heterocycles. The second-order valence-electron chi connectivity index (χ2n) is 4.61. The van der Waals surface area contributed by atoms with Gasteiger partial charge in [0.2, 0.25) is 0 Å². The Labute approximate surface area is 111 Å². The predicted molar refractivity (Wildman–Crippen MR) is 68.7 cm³/mol. The maximum absolute atomic E-state index is 11.4. The van der Waals surface area contributed by atoms with Crippen LogP contribution in [0.3, 0.4) is 0 Å². The molecular weight excluding hydrogens is 246 g/mol. The lowest BCUT2D eigenvalue weighted by Gasteiger charge is -2.11. The molecule has 1 aromatic carbocycles. The molecule has 5 heteroatoms. The van der Waals surface area contributed by atoms with E-state index in [1.54, 1.807) is 0 Å². The molecule has 0 saturated heterocycles. The van der Waals surface area contributed by atoms with Gasteiger partial charge in [-0.15, -0.1) is 0 Å². The molecule has 0 bridgehead atoms. The van der Waals surface area contributed by atoms with E-state index in [1.165, 1.54) is 18.1 Å². The number of nitrogens with two attached hydrogens (primary N) is 1. The molecule has 2 N–H and O–H groups in total. The van der Waals surface area contributed by atoms with Crippen LogP contribution >= 0.6 is 0 Å². The average Bonchev–Trinajstić information content (AvgIpc) is 2.83. The summed E-state index contributed by atoms with van der Waals surface area (Å²) in [5.41, 5.74) is 7.62. The highest BCUT2D eigenvalue weighted by Gasteiger charge is 2.15. The van der Waals surface area contributed by atoms with E-state index in [0.717, 1.165) is 19.3 Å². The lowest BCUT2D eigenvalue weighted by atomic mass is 10.1. The van der Waals surface area contributed by atoms with Gasteiger partial charge in [-0.05, 0) is 49.4 Å². The predicted octanol–water partition coefficient (Wildman–Crippen LogP) is 0.971. The molecule has 0 saturated carbocycles. The third-order valence-electron chi connectivity index (χ3n) is 3.14. The van der Waals surface area contributed by atoms with Crippen molar-refractivity contribution < 1.29 is 19.1 Å². The highest BCUT2D eigenvalue weighted by atomic mass is 16.6. The quantitative estimate of drug-likeness (QED) is 0.803. The summed E-state index contributed by atoms with van der Waals surface area (Å²) >= 11 is 0. The van der Waals surface area contributed by atoms with Crippen molar-refractivity contribution >= 4 is 11.9 Å². The normalized spacial score (nSPS) is 14.6. The van der Waals surface area contributed by atoms with Gasteiger partial charge >= 0.3 is 5.97 Å². The number of carbonyl (C=O) groups is 2. The second-order valence-corrected chi connectivity index (χ2v) is 4.61. The van der Waals surface area contributed by atoms with E-state index in [2.05, 4.69) is 0 Å². The van der Waals surface area contributed by atoms with E-state index in [4.69, 9.17) is 15.2 Å². The fraction of sp³-hybridized carbons (Fsp3) is 0.429. The summed E-state index contributed by atoms with van der Waals surface area (Å²) in [7, 11) is 0. The van der Waals surface area contributed by atoms with Crippen molar-refractivity contribution in [1.29, 1.82) is 0 Å². The smallest absolute Gasteiger partial charge is 0.344 e. The average molecular weight is 263 g/mol. The van der Waals surface area contributed by atoms with Crippen molar-refractivity contribution in [2.45, 2.75) is 32.3 Å². The fourth-order valence-corrected chi connectivity index (χ4v) is 2.07. The summed E-state index contributed by atoms with van der Waals surface area (Å²) in [6, 6.07) is 5.82. The number of fused-ring (bicyclic) bond motifs is 1. The van der Waals surface area contributed by atoms with Gasteiger partial charge in [0.25, 0.3) is 5.91 Å². The van der Waals surface area contributed by atoms with Gasteiger partial charge in [-0.3, -0.25) is 4.79 Å². The number of benzene rings is 1. The van der Waals surface area contributed by atoms with E-state index in [1.807, 2.05) is 18.2 Å². The lowest BCUT2D eigenvalue weighted by Crippen LogP contribution is -2.32. The van der Waals surface area contributed by atoms with Crippen LogP contribution < -0.4 is 10.5 Å². The van der Waals surface area contributed by atoms with Crippen molar-refractivity contribution in [3.63, 3.8) is 0 Å². The molecule has 1 aliphatic rings. The molecule has 2 rings (SSSR count). The third kappa shape index (κ3) is 3.47. The Morgan fingerprint density at radius 1 is 1.32 bits per heavy atom. The number of aryl methyl sites for hydroxylation is 2. The van der Waals surface area contributed by atoms with Crippen molar-refractivity contribution in [2.75, 3.05) is 6.61 Å². The van der Waals surface area contributed by atoms with Crippen LogP contribution in [-0.2, 0) is 27.2 Å². The topological polar surface area (TPSA) is 78.6 Å². The van der Waals surface area contributed by atoms with Gasteiger partial charge in [-0.2, -0.15) is 0 Å². The van der Waals surface area contributed by atoms with E-state index in [-0.39, 0.29) is 6.61 Å². The monoisotopic (exact) mass is 263 g/mol. The van der Waals surface area contributed by atoms with Gasteiger partial charge in [-0.1, -0.05) is 6.07 Å². The van der Waals surface area contributed by atoms with Crippen molar-refractivity contribution in [3.05, 3.63) is 29.3 Å². The van der Waals surface area contributed by atoms with Gasteiger partial charge in [0.1, 0.15) is 5.75 Å². The molecule has 0 unspecified atom stereocenters. The summed E-state index contributed by atoms with van der Waals surface area (Å²) < 4.78 is 10.1. The lowest BCUT2D eigenvalue weighted by molar-refractivity contribution is -0.155. The molecule has 0 spiro atoms. The van der Waals surface area contributed by atoms with Gasteiger partial charge in [-0.25, -0.2) is 4.79 Å². The highest BCUT2D eigenvalue weighted by molar-refractivity contribution is 5.82. The number of ether oxygens (including phenoxy) is 2. The Balaban J connectivity index is 1.85. The van der Waals surface area contributed by atoms with Crippen molar-refractivity contribution in [3.8, 4) is 5.75 Å². The minimum absolute atomic E-state index is 0.226. The first-order valence-electron chi connectivity index (χ1n) is 6.29. The van der Waals surface area contributed by atoms with Crippen LogP contribution in [0.15, 0.2) is 18.2 Å². The van der Waals surface area contributed by atoms with E-state index in [0.29, 0.717) is 5.75 Å². The van der Waals surface area contributed by atoms with Crippen LogP contribution in [-0.4, -0.2) is 24.6 Å². The van der Waals surface area contributed by atoms with Crippen molar-refractivity contribution in [2.24, 2.45) is 5.73 Å². The summed E-state index contributed by atoms with van der Waals surface area (Å²) in [6.45, 7) is 1.20. The van der Waals surface area contributed by atoms with Crippen LogP contribution in [0.2, 0.25) is 0 Å². The highest BCUT2D eigenvalue weighted by Crippen LogP contribution is 2.25. The van der Waals surface area contributed by atoms with Crippen molar-refractivity contribution in [1.82, 2.24) is 0 Å². The second kappa shape index (κ2) is 5.73. The molecule has 102 valence electrons. The first-order chi connectivity index (χ1) is 9.06. The Kier molecular flexibility index (Phi) is 4.04. The number of carbonyl (C=O) groups excluding carboxylic acids is 2. The summed E-state index contributed by atoms with van der Waals surface area (Å²) in [4.78, 5) is 22.2. The largest absolute Gasteiger partial charge is 0.482 e. The molecule has 0 fully saturated rings. The molecule has 0 heterocycles. The zero-order valence-electron chi connectivity index (χ0n) is 10.8. The number of amides is 1.